The minimum absolute atomic E-state index is 0.206. The van der Waals surface area contributed by atoms with Crippen LogP contribution in [0.25, 0.3) is 0 Å². The van der Waals surface area contributed by atoms with Gasteiger partial charge < -0.3 is 15.8 Å². The molecule has 0 saturated heterocycles. The van der Waals surface area contributed by atoms with E-state index < -0.39 is 10.7 Å². The number of hydrogen-bond donors (Lipinski definition) is 2. The largest absolute Gasteiger partial charge is 0.492 e. The van der Waals surface area contributed by atoms with E-state index in [0.717, 1.165) is 12.1 Å². The normalized spacial score (nSPS) is 10.2. The SMILES string of the molecule is NCCOc1cccc(Nc2ccc(F)cc2[N+](=O)[O-])c1. The Hall–Kier alpha value is -2.67. The summed E-state index contributed by atoms with van der Waals surface area (Å²) in [6.07, 6.45) is 0. The van der Waals surface area contributed by atoms with Crippen LogP contribution in [0.15, 0.2) is 42.5 Å². The standard InChI is InChI=1S/C14H14FN3O3/c15-10-4-5-13(14(8-10)18(19)20)17-11-2-1-3-12(9-11)21-7-6-16/h1-5,8-9,17H,6-7,16H2. The van der Waals surface area contributed by atoms with Gasteiger partial charge in [-0.1, -0.05) is 6.07 Å². The monoisotopic (exact) mass is 291 g/mol. The molecule has 2 aromatic rings. The maximum atomic E-state index is 13.1. The first-order valence-electron chi connectivity index (χ1n) is 6.24. The molecule has 0 aliphatic heterocycles. The van der Waals surface area contributed by atoms with Crippen LogP contribution in [-0.4, -0.2) is 18.1 Å². The summed E-state index contributed by atoms with van der Waals surface area (Å²) in [6.45, 7) is 0.765. The van der Waals surface area contributed by atoms with E-state index in [0.29, 0.717) is 24.6 Å². The Bertz CT molecular complexity index is 649. The van der Waals surface area contributed by atoms with Crippen molar-refractivity contribution in [2.24, 2.45) is 5.73 Å². The first kappa shape index (κ1) is 14.7. The van der Waals surface area contributed by atoms with Crippen LogP contribution in [0, 0.1) is 15.9 Å². The Balaban J connectivity index is 2.24. The summed E-state index contributed by atoms with van der Waals surface area (Å²) in [4.78, 5) is 10.3. The number of nitro benzene ring substituents is 1. The van der Waals surface area contributed by atoms with Gasteiger partial charge in [0.1, 0.15) is 23.9 Å². The molecule has 0 unspecified atom stereocenters. The second-order valence-corrected chi connectivity index (χ2v) is 4.21. The molecule has 0 radical (unpaired) electrons. The minimum atomic E-state index is -0.660. The maximum Gasteiger partial charge on any atom is 0.295 e. The molecule has 2 rings (SSSR count). The van der Waals surface area contributed by atoms with Crippen molar-refractivity contribution in [3.8, 4) is 5.75 Å². The van der Waals surface area contributed by atoms with Crippen molar-refractivity contribution in [2.75, 3.05) is 18.5 Å². The fraction of sp³-hybridized carbons (Fsp3) is 0.143. The highest BCUT2D eigenvalue weighted by Gasteiger charge is 2.15. The number of anilines is 2. The van der Waals surface area contributed by atoms with Crippen LogP contribution >= 0.6 is 0 Å². The van der Waals surface area contributed by atoms with E-state index in [1.165, 1.54) is 6.07 Å². The molecule has 0 saturated carbocycles. The predicted octanol–water partition coefficient (Wildman–Crippen LogP) is 2.82. The third-order valence-electron chi connectivity index (χ3n) is 2.66. The van der Waals surface area contributed by atoms with Gasteiger partial charge in [0, 0.05) is 18.3 Å². The van der Waals surface area contributed by atoms with Gasteiger partial charge in [0.05, 0.1) is 11.0 Å². The molecule has 6 nitrogen and oxygen atoms in total. The lowest BCUT2D eigenvalue weighted by Gasteiger charge is -2.09. The summed E-state index contributed by atoms with van der Waals surface area (Å²) >= 11 is 0. The second-order valence-electron chi connectivity index (χ2n) is 4.21. The second kappa shape index (κ2) is 6.67. The van der Waals surface area contributed by atoms with Crippen molar-refractivity contribution >= 4 is 17.1 Å². The fourth-order valence-electron chi connectivity index (χ4n) is 1.76. The number of nitrogens with zero attached hydrogens (tertiary/aromatic N) is 1. The van der Waals surface area contributed by atoms with Crippen molar-refractivity contribution in [2.45, 2.75) is 0 Å². The highest BCUT2D eigenvalue weighted by Crippen LogP contribution is 2.29. The van der Waals surface area contributed by atoms with Gasteiger partial charge in [0.2, 0.25) is 0 Å². The van der Waals surface area contributed by atoms with Crippen LogP contribution in [-0.2, 0) is 0 Å². The third kappa shape index (κ3) is 3.90. The number of nitrogens with two attached hydrogens (primary N) is 1. The lowest BCUT2D eigenvalue weighted by Crippen LogP contribution is -2.10. The van der Waals surface area contributed by atoms with Gasteiger partial charge in [-0.15, -0.1) is 0 Å². The fourth-order valence-corrected chi connectivity index (χ4v) is 1.76. The molecule has 0 spiro atoms. The van der Waals surface area contributed by atoms with Gasteiger partial charge in [0.15, 0.2) is 0 Å². The van der Waals surface area contributed by atoms with Gasteiger partial charge in [-0.2, -0.15) is 0 Å². The number of rotatable bonds is 6. The quantitative estimate of drug-likeness (QED) is 0.631. The third-order valence-corrected chi connectivity index (χ3v) is 2.66. The molecular weight excluding hydrogens is 277 g/mol. The first-order chi connectivity index (χ1) is 10.1. The Labute approximate surface area is 120 Å². The van der Waals surface area contributed by atoms with Crippen LogP contribution in [0.5, 0.6) is 5.75 Å². The van der Waals surface area contributed by atoms with Crippen LogP contribution in [0.4, 0.5) is 21.5 Å². The Kier molecular flexibility index (Phi) is 4.68. The summed E-state index contributed by atoms with van der Waals surface area (Å²) in [5.41, 5.74) is 5.83. The summed E-state index contributed by atoms with van der Waals surface area (Å²) in [7, 11) is 0. The molecule has 110 valence electrons. The zero-order chi connectivity index (χ0) is 15.2. The average Bonchev–Trinajstić information content (AvgIpc) is 2.47. The lowest BCUT2D eigenvalue weighted by molar-refractivity contribution is -0.384. The topological polar surface area (TPSA) is 90.4 Å². The van der Waals surface area contributed by atoms with Crippen LogP contribution in [0.1, 0.15) is 0 Å². The molecule has 0 amide bonds. The molecule has 0 aliphatic rings. The molecule has 7 heteroatoms. The zero-order valence-corrected chi connectivity index (χ0v) is 11.1. The summed E-state index contributed by atoms with van der Waals surface area (Å²) in [5.74, 6) is -0.0671. The zero-order valence-electron chi connectivity index (χ0n) is 11.1. The molecule has 2 aromatic carbocycles. The number of ether oxygens (including phenoxy) is 1. The van der Waals surface area contributed by atoms with Crippen molar-refractivity contribution in [3.63, 3.8) is 0 Å². The highest BCUT2D eigenvalue weighted by molar-refractivity contribution is 5.70. The average molecular weight is 291 g/mol. The number of halogens is 1. The lowest BCUT2D eigenvalue weighted by atomic mass is 10.2. The van der Waals surface area contributed by atoms with E-state index >= 15 is 0 Å². The Morgan fingerprint density at radius 2 is 2.10 bits per heavy atom. The van der Waals surface area contributed by atoms with Crippen molar-refractivity contribution in [1.82, 2.24) is 0 Å². The highest BCUT2D eigenvalue weighted by atomic mass is 19.1. The Morgan fingerprint density at radius 3 is 2.81 bits per heavy atom. The van der Waals surface area contributed by atoms with Crippen molar-refractivity contribution in [3.05, 3.63) is 58.4 Å². The van der Waals surface area contributed by atoms with Gasteiger partial charge in [-0.25, -0.2) is 4.39 Å². The van der Waals surface area contributed by atoms with Crippen molar-refractivity contribution in [1.29, 1.82) is 0 Å². The molecule has 0 bridgehead atoms. The summed E-state index contributed by atoms with van der Waals surface area (Å²) < 4.78 is 18.5. The molecule has 21 heavy (non-hydrogen) atoms. The molecule has 0 heterocycles. The Morgan fingerprint density at radius 1 is 1.29 bits per heavy atom. The smallest absolute Gasteiger partial charge is 0.295 e. The van der Waals surface area contributed by atoms with Gasteiger partial charge in [-0.3, -0.25) is 10.1 Å². The predicted molar refractivity (Wildman–Crippen MR) is 77.3 cm³/mol. The molecule has 0 aliphatic carbocycles. The van der Waals surface area contributed by atoms with Crippen LogP contribution in [0.3, 0.4) is 0 Å². The van der Waals surface area contributed by atoms with E-state index in [4.69, 9.17) is 10.5 Å². The molecule has 0 fully saturated rings. The number of nitro groups is 1. The van der Waals surface area contributed by atoms with Gasteiger partial charge in [-0.05, 0) is 24.3 Å². The number of nitrogens with one attached hydrogen (secondary N) is 1. The molecule has 0 atom stereocenters. The van der Waals surface area contributed by atoms with Crippen LogP contribution < -0.4 is 15.8 Å². The molecule has 3 N–H and O–H groups in total. The van der Waals surface area contributed by atoms with E-state index in [1.54, 1.807) is 24.3 Å². The summed E-state index contributed by atoms with van der Waals surface area (Å²) in [5, 5.41) is 13.8. The minimum Gasteiger partial charge on any atom is -0.492 e. The van der Waals surface area contributed by atoms with E-state index in [2.05, 4.69) is 5.32 Å². The molecular formula is C14H14FN3O3. The number of hydrogen-bond acceptors (Lipinski definition) is 5. The van der Waals surface area contributed by atoms with E-state index in [-0.39, 0.29) is 11.4 Å². The van der Waals surface area contributed by atoms with E-state index in [9.17, 15) is 14.5 Å². The summed E-state index contributed by atoms with van der Waals surface area (Å²) in [6, 6.07) is 10.2. The number of benzene rings is 2. The van der Waals surface area contributed by atoms with Crippen molar-refractivity contribution < 1.29 is 14.1 Å². The van der Waals surface area contributed by atoms with Crippen LogP contribution in [0.2, 0.25) is 0 Å². The first-order valence-corrected chi connectivity index (χ1v) is 6.24. The van der Waals surface area contributed by atoms with Gasteiger partial charge in [0.25, 0.3) is 5.69 Å². The molecule has 0 aromatic heterocycles. The maximum absolute atomic E-state index is 13.1. The van der Waals surface area contributed by atoms with E-state index in [1.807, 2.05) is 0 Å². The van der Waals surface area contributed by atoms with Gasteiger partial charge >= 0.3 is 0 Å².